The molecule has 0 saturated carbocycles. The van der Waals surface area contributed by atoms with Gasteiger partial charge in [-0.05, 0) is 62.1 Å². The molecule has 1 saturated heterocycles. The molecule has 5 nitrogen and oxygen atoms in total. The van der Waals surface area contributed by atoms with Crippen LogP contribution in [-0.2, 0) is 11.3 Å². The second kappa shape index (κ2) is 10.7. The van der Waals surface area contributed by atoms with Gasteiger partial charge in [0.2, 0.25) is 0 Å². The van der Waals surface area contributed by atoms with Crippen LogP contribution in [0.25, 0.3) is 0 Å². The van der Waals surface area contributed by atoms with E-state index in [2.05, 4.69) is 67.5 Å². The number of ether oxygens (including phenoxy) is 2. The van der Waals surface area contributed by atoms with Crippen LogP contribution in [-0.4, -0.2) is 25.8 Å². The van der Waals surface area contributed by atoms with Gasteiger partial charge in [-0.25, -0.2) is 4.99 Å². The number of rotatable bonds is 6. The van der Waals surface area contributed by atoms with E-state index >= 15 is 0 Å². The van der Waals surface area contributed by atoms with Crippen molar-refractivity contribution in [3.63, 3.8) is 0 Å². The van der Waals surface area contributed by atoms with Crippen LogP contribution in [0.2, 0.25) is 0 Å². The molecule has 0 radical (unpaired) electrons. The summed E-state index contributed by atoms with van der Waals surface area (Å²) in [4.78, 5) is 4.50. The molecule has 28 heavy (non-hydrogen) atoms. The summed E-state index contributed by atoms with van der Waals surface area (Å²) < 4.78 is 11.5. The minimum atomic E-state index is 0. The SMILES string of the molecule is Cc1cc(C)cc(NC(N)=NCc2ccc(C)cc2OCC2CCOC2)c1.I. The Morgan fingerprint density at radius 3 is 2.57 bits per heavy atom. The molecule has 0 spiro atoms. The molecule has 3 N–H and O–H groups in total. The van der Waals surface area contributed by atoms with Crippen LogP contribution in [0.1, 0.15) is 28.7 Å². The summed E-state index contributed by atoms with van der Waals surface area (Å²) in [7, 11) is 0. The monoisotopic (exact) mass is 495 g/mol. The number of aryl methyl sites for hydroxylation is 3. The molecule has 1 fully saturated rings. The van der Waals surface area contributed by atoms with Gasteiger partial charge in [-0.2, -0.15) is 0 Å². The zero-order valence-corrected chi connectivity index (χ0v) is 19.2. The van der Waals surface area contributed by atoms with Gasteiger partial charge < -0.3 is 20.5 Å². The third kappa shape index (κ3) is 6.67. The maximum atomic E-state index is 6.09. The van der Waals surface area contributed by atoms with Gasteiger partial charge in [-0.3, -0.25) is 0 Å². The van der Waals surface area contributed by atoms with Crippen LogP contribution in [0.15, 0.2) is 41.4 Å². The summed E-state index contributed by atoms with van der Waals surface area (Å²) in [6, 6.07) is 12.4. The Labute approximate surface area is 184 Å². The van der Waals surface area contributed by atoms with Crippen molar-refractivity contribution in [1.82, 2.24) is 0 Å². The van der Waals surface area contributed by atoms with E-state index in [4.69, 9.17) is 15.2 Å². The quantitative estimate of drug-likeness (QED) is 0.350. The molecule has 2 aromatic carbocycles. The molecule has 3 rings (SSSR count). The van der Waals surface area contributed by atoms with E-state index < -0.39 is 0 Å². The Hall–Kier alpha value is -1.80. The molecule has 1 aliphatic rings. The standard InChI is InChI=1S/C22H29N3O2.HI/c1-15-4-5-19(21(11-15)27-14-18-6-7-26-13-18)12-24-22(23)25-20-9-16(2)8-17(3)10-20;/h4-5,8-11,18H,6-7,12-14H2,1-3H3,(H3,23,24,25);1H. The van der Waals surface area contributed by atoms with E-state index in [-0.39, 0.29) is 24.0 Å². The number of hydrogen-bond acceptors (Lipinski definition) is 3. The Bertz CT molecular complexity index is 797. The number of halogens is 1. The van der Waals surface area contributed by atoms with Gasteiger partial charge in [0, 0.05) is 23.8 Å². The van der Waals surface area contributed by atoms with Crippen molar-refractivity contribution < 1.29 is 9.47 Å². The van der Waals surface area contributed by atoms with E-state index in [1.54, 1.807) is 0 Å². The molecule has 1 heterocycles. The zero-order valence-electron chi connectivity index (χ0n) is 16.8. The average Bonchev–Trinajstić information content (AvgIpc) is 3.11. The van der Waals surface area contributed by atoms with Gasteiger partial charge in [0.25, 0.3) is 0 Å². The second-order valence-corrected chi connectivity index (χ2v) is 7.35. The highest BCUT2D eigenvalue weighted by atomic mass is 127. The maximum absolute atomic E-state index is 6.09. The first-order chi connectivity index (χ1) is 13.0. The summed E-state index contributed by atoms with van der Waals surface area (Å²) in [5.41, 5.74) is 11.6. The van der Waals surface area contributed by atoms with Crippen molar-refractivity contribution in [3.05, 3.63) is 58.7 Å². The first-order valence-corrected chi connectivity index (χ1v) is 9.45. The molecular weight excluding hydrogens is 465 g/mol. The van der Waals surface area contributed by atoms with E-state index in [9.17, 15) is 0 Å². The van der Waals surface area contributed by atoms with Crippen LogP contribution in [0.4, 0.5) is 5.69 Å². The van der Waals surface area contributed by atoms with Crippen molar-refractivity contribution in [2.45, 2.75) is 33.7 Å². The number of nitrogens with one attached hydrogen (secondary N) is 1. The van der Waals surface area contributed by atoms with E-state index in [1.807, 2.05) is 0 Å². The van der Waals surface area contributed by atoms with Gasteiger partial charge in [-0.1, -0.05) is 18.2 Å². The molecule has 2 aromatic rings. The predicted molar refractivity (Wildman–Crippen MR) is 126 cm³/mol. The summed E-state index contributed by atoms with van der Waals surface area (Å²) in [6.45, 7) is 8.96. The second-order valence-electron chi connectivity index (χ2n) is 7.35. The fourth-order valence-corrected chi connectivity index (χ4v) is 3.25. The zero-order chi connectivity index (χ0) is 19.2. The van der Waals surface area contributed by atoms with Crippen LogP contribution in [0.3, 0.4) is 0 Å². The lowest BCUT2D eigenvalue weighted by Crippen LogP contribution is -2.22. The summed E-state index contributed by atoms with van der Waals surface area (Å²) >= 11 is 0. The average molecular weight is 495 g/mol. The van der Waals surface area contributed by atoms with Crippen molar-refractivity contribution >= 4 is 35.6 Å². The Kier molecular flexibility index (Phi) is 8.57. The highest BCUT2D eigenvalue weighted by molar-refractivity contribution is 14.0. The van der Waals surface area contributed by atoms with Crippen molar-refractivity contribution in [3.8, 4) is 5.75 Å². The number of benzene rings is 2. The summed E-state index contributed by atoms with van der Waals surface area (Å²) in [5, 5.41) is 3.17. The number of aliphatic imine (C=N–C) groups is 1. The van der Waals surface area contributed by atoms with Crippen molar-refractivity contribution in [2.75, 3.05) is 25.1 Å². The van der Waals surface area contributed by atoms with Gasteiger partial charge in [0.15, 0.2) is 5.96 Å². The molecule has 0 aromatic heterocycles. The Morgan fingerprint density at radius 2 is 1.89 bits per heavy atom. The van der Waals surface area contributed by atoms with Crippen molar-refractivity contribution in [2.24, 2.45) is 16.6 Å². The fourth-order valence-electron chi connectivity index (χ4n) is 3.25. The highest BCUT2D eigenvalue weighted by Crippen LogP contribution is 2.23. The predicted octanol–water partition coefficient (Wildman–Crippen LogP) is 4.57. The first kappa shape index (κ1) is 22.5. The third-order valence-electron chi connectivity index (χ3n) is 4.64. The fraction of sp³-hybridized carbons (Fsp3) is 0.409. The highest BCUT2D eigenvalue weighted by Gasteiger charge is 2.17. The molecule has 0 bridgehead atoms. The summed E-state index contributed by atoms with van der Waals surface area (Å²) in [5.74, 6) is 1.75. The molecule has 152 valence electrons. The minimum Gasteiger partial charge on any atom is -0.493 e. The molecule has 0 aliphatic carbocycles. The van der Waals surface area contributed by atoms with E-state index in [1.165, 1.54) is 16.7 Å². The molecule has 1 unspecified atom stereocenters. The number of nitrogens with zero attached hydrogens (tertiary/aromatic N) is 1. The van der Waals surface area contributed by atoms with Gasteiger partial charge in [0.05, 0.1) is 19.8 Å². The lowest BCUT2D eigenvalue weighted by atomic mass is 10.1. The van der Waals surface area contributed by atoms with Crippen LogP contribution >= 0.6 is 24.0 Å². The van der Waals surface area contributed by atoms with E-state index in [0.29, 0.717) is 25.0 Å². The minimum absolute atomic E-state index is 0. The lowest BCUT2D eigenvalue weighted by Gasteiger charge is -2.14. The van der Waals surface area contributed by atoms with Gasteiger partial charge >= 0.3 is 0 Å². The topological polar surface area (TPSA) is 68.9 Å². The summed E-state index contributed by atoms with van der Waals surface area (Å²) in [6.07, 6.45) is 1.06. The Morgan fingerprint density at radius 1 is 1.14 bits per heavy atom. The van der Waals surface area contributed by atoms with Gasteiger partial charge in [-0.15, -0.1) is 24.0 Å². The molecule has 6 heteroatoms. The maximum Gasteiger partial charge on any atom is 0.193 e. The van der Waals surface area contributed by atoms with E-state index in [0.717, 1.165) is 36.6 Å². The molecule has 1 atom stereocenters. The molecule has 1 aliphatic heterocycles. The first-order valence-electron chi connectivity index (χ1n) is 9.45. The largest absolute Gasteiger partial charge is 0.493 e. The van der Waals surface area contributed by atoms with Crippen LogP contribution in [0, 0.1) is 26.7 Å². The Balaban J connectivity index is 0.00000280. The lowest BCUT2D eigenvalue weighted by molar-refractivity contribution is 0.166. The number of hydrogen-bond donors (Lipinski definition) is 2. The number of nitrogens with two attached hydrogens (primary N) is 1. The number of anilines is 1. The van der Waals surface area contributed by atoms with Crippen molar-refractivity contribution in [1.29, 1.82) is 0 Å². The van der Waals surface area contributed by atoms with Crippen LogP contribution < -0.4 is 15.8 Å². The molecular formula is C22H30IN3O2. The van der Waals surface area contributed by atoms with Gasteiger partial charge in [0.1, 0.15) is 5.75 Å². The number of guanidine groups is 1. The molecule has 0 amide bonds. The normalized spacial score (nSPS) is 16.5. The smallest absolute Gasteiger partial charge is 0.193 e. The third-order valence-corrected chi connectivity index (χ3v) is 4.64. The van der Waals surface area contributed by atoms with Crippen LogP contribution in [0.5, 0.6) is 5.75 Å².